The van der Waals surface area contributed by atoms with E-state index in [1.54, 1.807) is 37.4 Å². The number of halogens is 8. The largest absolute Gasteiger partial charge is 0.573 e. The minimum atomic E-state index is -4.70. The number of nitrogens with zero attached hydrogens (tertiary/aromatic N) is 13. The number of hydrogen-bond acceptors (Lipinski definition) is 14. The number of carbonyl (C=O) groups excluding carboxylic acids is 1. The van der Waals surface area contributed by atoms with Gasteiger partial charge in [-0.1, -0.05) is 233 Å². The summed E-state index contributed by atoms with van der Waals surface area (Å²) < 4.78 is 93.3. The van der Waals surface area contributed by atoms with Crippen LogP contribution in [0.4, 0.5) is 26.3 Å². The molecule has 150 heavy (non-hydrogen) atoms. The van der Waals surface area contributed by atoms with E-state index in [0.29, 0.717) is 13.1 Å². The Morgan fingerprint density at radius 3 is 1.12 bits per heavy atom. The fourth-order valence-corrected chi connectivity index (χ4v) is 21.6. The molecule has 20 rings (SSSR count). The van der Waals surface area contributed by atoms with Gasteiger partial charge in [0.2, 0.25) is 0 Å². The van der Waals surface area contributed by atoms with E-state index in [1.165, 1.54) is 131 Å². The van der Waals surface area contributed by atoms with Crippen molar-refractivity contribution in [1.82, 2.24) is 67.7 Å². The third kappa shape index (κ3) is 29.4. The maximum Gasteiger partial charge on any atom is 0.573 e. The van der Waals surface area contributed by atoms with Gasteiger partial charge in [0.25, 0.3) is 0 Å². The van der Waals surface area contributed by atoms with E-state index < -0.39 is 12.7 Å². The van der Waals surface area contributed by atoms with Crippen LogP contribution in [0.3, 0.4) is 0 Å². The molecule has 19 nitrogen and oxygen atoms in total. The molecule has 5 N–H and O–H groups in total. The molecule has 0 bridgehead atoms. The summed E-state index contributed by atoms with van der Waals surface area (Å²) in [6.45, 7) is 39.2. The van der Waals surface area contributed by atoms with Crippen molar-refractivity contribution in [1.29, 1.82) is 0 Å². The summed E-state index contributed by atoms with van der Waals surface area (Å²) in [5, 5.41) is 13.6. The lowest BCUT2D eigenvalue weighted by atomic mass is 9.96. The summed E-state index contributed by atoms with van der Waals surface area (Å²) in [7, 11) is 0. The second-order valence-corrected chi connectivity index (χ2v) is 41.3. The van der Waals surface area contributed by atoms with Gasteiger partial charge in [-0.05, 0) is 211 Å². The number of rotatable bonds is 37. The third-order valence-electron chi connectivity index (χ3n) is 29.4. The van der Waals surface area contributed by atoms with Crippen molar-refractivity contribution in [2.24, 2.45) is 11.5 Å². The van der Waals surface area contributed by atoms with Crippen molar-refractivity contribution in [3.8, 4) is 56.0 Å². The van der Waals surface area contributed by atoms with Gasteiger partial charge >= 0.3 is 12.7 Å². The highest BCUT2D eigenvalue weighted by Crippen LogP contribution is 2.41. The second-order valence-electron chi connectivity index (χ2n) is 40.5. The molecule has 16 aromatic rings. The zero-order valence-corrected chi connectivity index (χ0v) is 88.7. The number of alkyl halides is 6. The zero-order valence-electron chi connectivity index (χ0n) is 87.1. The number of nitrogens with two attached hydrogens (primary N) is 2. The quantitative estimate of drug-likeness (QED) is 0.0249. The molecule has 4 aliphatic heterocycles. The molecule has 0 atom stereocenters. The number of unbranched alkanes of at least 4 members (excludes halogenated alkanes) is 3. The Labute approximate surface area is 888 Å². The van der Waals surface area contributed by atoms with Crippen LogP contribution in [0.15, 0.2) is 280 Å². The summed E-state index contributed by atoms with van der Waals surface area (Å²) in [5.74, 6) is -0.327. The Hall–Kier alpha value is -12.2. The molecule has 4 fully saturated rings. The van der Waals surface area contributed by atoms with Crippen molar-refractivity contribution >= 4 is 72.6 Å². The number of hydrogen-bond donors (Lipinski definition) is 3. The minimum absolute atomic E-state index is 0.0873. The minimum Gasteiger partial charge on any atom is -0.406 e. The first-order valence-electron chi connectivity index (χ1n) is 53.4. The number of nitrogens with one attached hydrogen (secondary N) is 1. The molecule has 27 heteroatoms. The number of piperazine rings is 4. The number of ether oxygens (including phenoxy) is 2. The van der Waals surface area contributed by atoms with Crippen LogP contribution in [0, 0.1) is 6.92 Å². The van der Waals surface area contributed by atoms with Crippen molar-refractivity contribution in [3.05, 3.63) is 351 Å². The molecule has 0 amide bonds. The van der Waals surface area contributed by atoms with Crippen LogP contribution in [0.2, 0.25) is 10.0 Å². The summed E-state index contributed by atoms with van der Waals surface area (Å²) in [5.41, 5.74) is 38.4. The van der Waals surface area contributed by atoms with Gasteiger partial charge in [0, 0.05) is 301 Å². The second kappa shape index (κ2) is 52.2. The summed E-state index contributed by atoms with van der Waals surface area (Å²) in [4.78, 5) is 32.4. The van der Waals surface area contributed by atoms with E-state index in [0.717, 1.165) is 287 Å². The van der Waals surface area contributed by atoms with Gasteiger partial charge in [-0.25, -0.2) is 0 Å². The van der Waals surface area contributed by atoms with Crippen LogP contribution < -0.4 is 20.9 Å². The number of fused-ring (bicyclic) bond motifs is 4. The van der Waals surface area contributed by atoms with E-state index in [2.05, 4.69) is 281 Å². The van der Waals surface area contributed by atoms with Gasteiger partial charge in [-0.3, -0.25) is 49.1 Å². The smallest absolute Gasteiger partial charge is 0.406 e. The Morgan fingerprint density at radius 2 is 0.707 bits per heavy atom. The Morgan fingerprint density at radius 1 is 0.353 bits per heavy atom. The molecule has 5 aromatic heterocycles. The maximum absolute atomic E-state index is 12.7. The molecule has 4 saturated heterocycles. The van der Waals surface area contributed by atoms with Crippen LogP contribution in [-0.4, -0.2) is 204 Å². The number of H-pyrrole nitrogens is 1. The topological polar surface area (TPSA) is 162 Å². The number of benzene rings is 11. The first-order valence-corrected chi connectivity index (χ1v) is 54.2. The van der Waals surface area contributed by atoms with Gasteiger partial charge in [-0.15, -0.1) is 26.3 Å². The number of aryl methyl sites for hydroxylation is 5. The van der Waals surface area contributed by atoms with Crippen LogP contribution in [0.25, 0.3) is 88.1 Å². The van der Waals surface area contributed by atoms with Crippen molar-refractivity contribution < 1.29 is 40.6 Å². The van der Waals surface area contributed by atoms with Crippen molar-refractivity contribution in [3.63, 3.8) is 0 Å². The van der Waals surface area contributed by atoms with Gasteiger partial charge in [0.15, 0.2) is 5.78 Å². The molecular formula is C123H142Cl2F6N16O3. The first-order chi connectivity index (χ1) is 72.8. The summed E-state index contributed by atoms with van der Waals surface area (Å²) in [6.07, 6.45) is 9.75. The number of aromatic nitrogens is 6. The van der Waals surface area contributed by atoms with E-state index in [4.69, 9.17) is 34.7 Å². The maximum atomic E-state index is 12.7. The fraction of sp³-hybridized carbons (Fsp3) is 0.366. The molecule has 9 heterocycles. The molecule has 4 aliphatic rings. The molecule has 11 aromatic carbocycles. The predicted molar refractivity (Wildman–Crippen MR) is 599 cm³/mol. The van der Waals surface area contributed by atoms with E-state index in [1.807, 2.05) is 48.5 Å². The third-order valence-corrected chi connectivity index (χ3v) is 30.2. The molecule has 0 spiro atoms. The van der Waals surface area contributed by atoms with Crippen LogP contribution in [-0.2, 0) is 85.0 Å². The van der Waals surface area contributed by atoms with Crippen molar-refractivity contribution in [2.75, 3.05) is 118 Å². The summed E-state index contributed by atoms with van der Waals surface area (Å²) in [6, 6.07) is 83.4. The highest BCUT2D eigenvalue weighted by molar-refractivity contribution is 6.31. The van der Waals surface area contributed by atoms with E-state index >= 15 is 0 Å². The average molecular weight is 2080 g/mol. The van der Waals surface area contributed by atoms with Crippen molar-refractivity contribution in [2.45, 2.75) is 177 Å². The average Bonchev–Trinajstić information content (AvgIpc) is 1.60. The van der Waals surface area contributed by atoms with Crippen LogP contribution in [0.1, 0.15) is 139 Å². The fourth-order valence-electron chi connectivity index (χ4n) is 21.2. The normalized spacial score (nSPS) is 15.1. The standard InChI is InChI=1S/C32H39ClN4.C32H36F3N3O.C31H35ClN4O.C28H32F3N5O/c1-2-3-16-37-24-30(27-11-8-25(9-12-27)14-15-34)29-21-26(10-13-32(29)37)22-35-17-19-36(20-18-35)23-28-6-4-5-7-31(28)33;1-3-4-16-38-23-29(26-12-14-28(15-13-26)39-32(33,34)35)31-27(6-5-7-30(31)38)22-37-19-17-36(18-20-37)21-25-10-8-24(2)9-11-25;1-23(37)26-8-3-4-9-27(26)29-22-36(14-6-13-33)31-12-11-24(19-28(29)31)20-34-15-17-35(18-16-34)21-25-7-2-5-10-30(25)32;1-2-3-12-36-20-26(22-5-7-24(8-6-22)37-28(29,30)31)25-17-21(4-9-27(25)36)18-34-13-15-35(16-14-34)19-23-10-11-32-33-23/h4-13,21,24H,2-3,14-20,22-23,34H2,1H3;5-15,23H,3-4,16-22H2,1-2H3;2-5,7-12,19,22H,6,13-18,20-21,33H2,1H3;4-11,17,20H,2-3,12-16,18-19H2,1H3,(H,32,33). The SMILES string of the molecule is CC(=O)c1ccccc1-c1cn(CCCN)c2ccc(CN3CCN(Cc4ccccc4Cl)CC3)cc12.CCCCn1cc(-c2ccc(CCN)cc2)c2cc(CN3CCN(Cc4ccccc4Cl)CC3)ccc21.CCCCn1cc(-c2ccc(OC(F)(F)F)cc2)c2c(CN3CCN(Cc4ccc(C)cc4)CC3)cccc21.CCCCn1cc(-c2ccc(OC(F)(F)F)cc2)c2cc(CN3CCN(Cc4ccn[nH]4)CC3)ccc21. The lowest BCUT2D eigenvalue weighted by Gasteiger charge is -2.35. The van der Waals surface area contributed by atoms with Gasteiger partial charge in [0.1, 0.15) is 11.5 Å². The molecule has 788 valence electrons. The number of carbonyl (C=O) groups is 1. The Kier molecular flexibility index (Phi) is 38.0. The number of Topliss-reactive ketones (excluding diaryl/α,β-unsaturated/α-hetero) is 1. The van der Waals surface area contributed by atoms with Gasteiger partial charge in [0.05, 0.1) is 0 Å². The van der Waals surface area contributed by atoms with Gasteiger partial charge in [-0.2, -0.15) is 5.10 Å². The monoisotopic (exact) mass is 2080 g/mol. The zero-order chi connectivity index (χ0) is 105. The molecule has 0 saturated carbocycles. The van der Waals surface area contributed by atoms with E-state index in [9.17, 15) is 31.1 Å². The van der Waals surface area contributed by atoms with Crippen LogP contribution in [0.5, 0.6) is 11.5 Å². The highest BCUT2D eigenvalue weighted by Gasteiger charge is 2.34. The first kappa shape index (κ1) is 109. The lowest BCUT2D eigenvalue weighted by molar-refractivity contribution is -0.275. The lowest BCUT2D eigenvalue weighted by Crippen LogP contribution is -2.45. The molecule has 0 unspecified atom stereocenters. The Bertz CT molecular complexity index is 7030. The summed E-state index contributed by atoms with van der Waals surface area (Å²) >= 11 is 12.8. The van der Waals surface area contributed by atoms with E-state index in [-0.39, 0.29) is 17.3 Å². The Balaban J connectivity index is 0.000000136. The number of ketones is 1. The predicted octanol–water partition coefficient (Wildman–Crippen LogP) is 26.1. The molecule has 0 aliphatic carbocycles. The molecule has 0 radical (unpaired) electrons. The highest BCUT2D eigenvalue weighted by atomic mass is 35.5. The van der Waals surface area contributed by atoms with Gasteiger partial charge < -0.3 is 39.2 Å². The number of aromatic amines is 1. The van der Waals surface area contributed by atoms with Crippen LogP contribution >= 0.6 is 23.2 Å². The molecular weight excluding hydrogens is 1930 g/mol.